The number of hydrogen-bond acceptors (Lipinski definition) is 2. The van der Waals surface area contributed by atoms with Crippen LogP contribution in [-0.4, -0.2) is 22.2 Å². The predicted octanol–water partition coefficient (Wildman–Crippen LogP) is 1.68. The normalized spacial score (nSPS) is 10.1. The fraction of sp³-hybridized carbons (Fsp3) is 0.200. The summed E-state index contributed by atoms with van der Waals surface area (Å²) in [6.07, 6.45) is -0.322. The van der Waals surface area contributed by atoms with Crippen molar-refractivity contribution in [1.29, 1.82) is 0 Å². The minimum atomic E-state index is -1.59. The molecular weight excluding hydrogens is 222 g/mol. The zero-order valence-electron chi connectivity index (χ0n) is 8.04. The number of carbonyl (C=O) groups is 2. The van der Waals surface area contributed by atoms with E-state index in [2.05, 4.69) is 0 Å². The average molecular weight is 230 g/mol. The molecule has 0 unspecified atom stereocenters. The molecule has 1 rings (SSSR count). The lowest BCUT2D eigenvalue weighted by Gasteiger charge is -2.03. The van der Waals surface area contributed by atoms with Gasteiger partial charge in [0, 0.05) is 6.42 Å². The van der Waals surface area contributed by atoms with Crippen LogP contribution in [0.3, 0.4) is 0 Å². The van der Waals surface area contributed by atoms with Gasteiger partial charge >= 0.3 is 11.9 Å². The third kappa shape index (κ3) is 2.75. The first-order valence-electron chi connectivity index (χ1n) is 4.35. The van der Waals surface area contributed by atoms with Crippen LogP contribution in [0.1, 0.15) is 22.3 Å². The molecule has 1 aromatic rings. The van der Waals surface area contributed by atoms with Crippen molar-refractivity contribution >= 4 is 11.9 Å². The van der Waals surface area contributed by atoms with E-state index in [-0.39, 0.29) is 18.4 Å². The Kier molecular flexibility index (Phi) is 3.55. The highest BCUT2D eigenvalue weighted by atomic mass is 19.2. The molecule has 0 saturated carbocycles. The number of aliphatic carboxylic acids is 1. The molecule has 0 aromatic heterocycles. The maximum atomic E-state index is 13.0. The summed E-state index contributed by atoms with van der Waals surface area (Å²) in [6, 6.07) is 1.73. The van der Waals surface area contributed by atoms with Gasteiger partial charge in [0.15, 0.2) is 11.6 Å². The highest BCUT2D eigenvalue weighted by Gasteiger charge is 2.16. The molecule has 6 heteroatoms. The van der Waals surface area contributed by atoms with Gasteiger partial charge in [-0.2, -0.15) is 0 Å². The van der Waals surface area contributed by atoms with Crippen LogP contribution in [0.25, 0.3) is 0 Å². The molecule has 86 valence electrons. The number of rotatable bonds is 4. The van der Waals surface area contributed by atoms with Crippen molar-refractivity contribution in [1.82, 2.24) is 0 Å². The van der Waals surface area contributed by atoms with Crippen molar-refractivity contribution in [3.05, 3.63) is 34.9 Å². The van der Waals surface area contributed by atoms with Crippen LogP contribution in [0.15, 0.2) is 12.1 Å². The molecular formula is C10H8F2O4. The van der Waals surface area contributed by atoms with E-state index >= 15 is 0 Å². The standard InChI is InChI=1S/C10H8F2O4/c11-7-4-5(1-2-8(13)14)3-6(9(7)12)10(15)16/h3-4H,1-2H2,(H,13,14)(H,15,16). The van der Waals surface area contributed by atoms with Crippen molar-refractivity contribution in [2.45, 2.75) is 12.8 Å². The average Bonchev–Trinajstić information content (AvgIpc) is 2.19. The van der Waals surface area contributed by atoms with Crippen LogP contribution < -0.4 is 0 Å². The van der Waals surface area contributed by atoms with E-state index in [4.69, 9.17) is 10.2 Å². The molecule has 1 aromatic carbocycles. The summed E-state index contributed by atoms with van der Waals surface area (Å²) in [4.78, 5) is 20.8. The van der Waals surface area contributed by atoms with Crippen LogP contribution in [0.5, 0.6) is 0 Å². The zero-order valence-corrected chi connectivity index (χ0v) is 8.04. The minimum Gasteiger partial charge on any atom is -0.481 e. The van der Waals surface area contributed by atoms with Gasteiger partial charge < -0.3 is 10.2 Å². The smallest absolute Gasteiger partial charge is 0.338 e. The van der Waals surface area contributed by atoms with Crippen LogP contribution >= 0.6 is 0 Å². The lowest BCUT2D eigenvalue weighted by Crippen LogP contribution is -2.06. The number of carboxylic acid groups (broad SMARTS) is 2. The van der Waals surface area contributed by atoms with E-state index < -0.39 is 29.1 Å². The molecule has 0 aliphatic heterocycles. The Morgan fingerprint density at radius 2 is 1.81 bits per heavy atom. The zero-order chi connectivity index (χ0) is 12.3. The van der Waals surface area contributed by atoms with Gasteiger partial charge in [0.05, 0.1) is 5.56 Å². The van der Waals surface area contributed by atoms with Gasteiger partial charge in [-0.05, 0) is 24.1 Å². The van der Waals surface area contributed by atoms with Crippen LogP contribution in [0.2, 0.25) is 0 Å². The SMILES string of the molecule is O=C(O)CCc1cc(F)c(F)c(C(=O)O)c1. The first-order valence-corrected chi connectivity index (χ1v) is 4.35. The summed E-state index contributed by atoms with van der Waals surface area (Å²) in [5, 5.41) is 17.0. The molecule has 0 heterocycles. The molecule has 2 N–H and O–H groups in total. The van der Waals surface area contributed by atoms with E-state index in [0.29, 0.717) is 0 Å². The maximum Gasteiger partial charge on any atom is 0.338 e. The van der Waals surface area contributed by atoms with Crippen molar-refractivity contribution in [3.63, 3.8) is 0 Å². The molecule has 0 bridgehead atoms. The van der Waals surface area contributed by atoms with Crippen LogP contribution in [-0.2, 0) is 11.2 Å². The van der Waals surface area contributed by atoms with E-state index in [1.54, 1.807) is 0 Å². The lowest BCUT2D eigenvalue weighted by atomic mass is 10.1. The summed E-state index contributed by atoms with van der Waals surface area (Å²) in [7, 11) is 0. The second kappa shape index (κ2) is 4.69. The van der Waals surface area contributed by atoms with Gasteiger partial charge in [-0.15, -0.1) is 0 Å². The quantitative estimate of drug-likeness (QED) is 0.825. The summed E-state index contributed by atoms with van der Waals surface area (Å²) in [5.74, 6) is -5.41. The van der Waals surface area contributed by atoms with E-state index in [1.807, 2.05) is 0 Å². The summed E-state index contributed by atoms with van der Waals surface area (Å²) in [5.41, 5.74) is -0.654. The second-order valence-corrected chi connectivity index (χ2v) is 3.14. The fourth-order valence-corrected chi connectivity index (χ4v) is 1.20. The highest BCUT2D eigenvalue weighted by molar-refractivity contribution is 5.88. The lowest BCUT2D eigenvalue weighted by molar-refractivity contribution is -0.136. The van der Waals surface area contributed by atoms with Crippen molar-refractivity contribution < 1.29 is 28.6 Å². The number of benzene rings is 1. The molecule has 0 radical (unpaired) electrons. The number of aryl methyl sites for hydroxylation is 1. The number of halogens is 2. The Hall–Kier alpha value is -1.98. The Morgan fingerprint density at radius 3 is 2.31 bits per heavy atom. The van der Waals surface area contributed by atoms with Crippen LogP contribution in [0.4, 0.5) is 8.78 Å². The second-order valence-electron chi connectivity index (χ2n) is 3.14. The van der Waals surface area contributed by atoms with E-state index in [9.17, 15) is 18.4 Å². The fourth-order valence-electron chi connectivity index (χ4n) is 1.20. The molecule has 0 spiro atoms. The van der Waals surface area contributed by atoms with Crippen LogP contribution in [0, 0.1) is 11.6 Å². The Labute approximate surface area is 89.1 Å². The van der Waals surface area contributed by atoms with Gasteiger partial charge in [-0.3, -0.25) is 4.79 Å². The Morgan fingerprint density at radius 1 is 1.19 bits per heavy atom. The molecule has 0 aliphatic rings. The summed E-state index contributed by atoms with van der Waals surface area (Å²) >= 11 is 0. The number of aromatic carboxylic acids is 1. The topological polar surface area (TPSA) is 74.6 Å². The largest absolute Gasteiger partial charge is 0.481 e. The Bertz CT molecular complexity index is 443. The molecule has 0 saturated heterocycles. The van der Waals surface area contributed by atoms with E-state index in [0.717, 1.165) is 12.1 Å². The van der Waals surface area contributed by atoms with E-state index in [1.165, 1.54) is 0 Å². The first-order chi connectivity index (χ1) is 7.41. The van der Waals surface area contributed by atoms with Crippen molar-refractivity contribution in [2.75, 3.05) is 0 Å². The van der Waals surface area contributed by atoms with Gasteiger partial charge in [0.1, 0.15) is 0 Å². The third-order valence-electron chi connectivity index (χ3n) is 1.95. The van der Waals surface area contributed by atoms with Crippen molar-refractivity contribution in [2.24, 2.45) is 0 Å². The predicted molar refractivity (Wildman–Crippen MR) is 49.3 cm³/mol. The number of hydrogen-bond donors (Lipinski definition) is 2. The maximum absolute atomic E-state index is 13.0. The minimum absolute atomic E-state index is 0.0488. The van der Waals surface area contributed by atoms with Gasteiger partial charge in [-0.1, -0.05) is 0 Å². The molecule has 0 amide bonds. The highest BCUT2D eigenvalue weighted by Crippen LogP contribution is 2.16. The first kappa shape index (κ1) is 12.1. The molecule has 0 fully saturated rings. The molecule has 0 atom stereocenters. The molecule has 16 heavy (non-hydrogen) atoms. The van der Waals surface area contributed by atoms with Crippen molar-refractivity contribution in [3.8, 4) is 0 Å². The Balaban J connectivity index is 3.04. The summed E-state index contributed by atoms with van der Waals surface area (Å²) < 4.78 is 25.9. The number of carboxylic acids is 2. The monoisotopic (exact) mass is 230 g/mol. The molecule has 4 nitrogen and oxygen atoms in total. The van der Waals surface area contributed by atoms with Gasteiger partial charge in [0.25, 0.3) is 0 Å². The van der Waals surface area contributed by atoms with Gasteiger partial charge in [-0.25, -0.2) is 13.6 Å². The van der Waals surface area contributed by atoms with Gasteiger partial charge in [0.2, 0.25) is 0 Å². The third-order valence-corrected chi connectivity index (χ3v) is 1.95. The summed E-state index contributed by atoms with van der Waals surface area (Å²) in [6.45, 7) is 0. The molecule has 0 aliphatic carbocycles.